The second-order valence-corrected chi connectivity index (χ2v) is 18.5. The van der Waals surface area contributed by atoms with Crippen LogP contribution in [0.2, 0.25) is 0 Å². The number of hydrogen-bond acceptors (Lipinski definition) is 13. The van der Waals surface area contributed by atoms with Gasteiger partial charge in [0.15, 0.2) is 24.5 Å². The van der Waals surface area contributed by atoms with Gasteiger partial charge < -0.3 is 58.7 Å². The molecular formula is C40H62O13. The summed E-state index contributed by atoms with van der Waals surface area (Å²) in [5.74, 6) is 1.29. The van der Waals surface area contributed by atoms with Crippen LogP contribution in [0.5, 0.6) is 0 Å². The fourth-order valence-corrected chi connectivity index (χ4v) is 12.7. The molecule has 300 valence electrons. The molecule has 3 saturated carbocycles. The van der Waals surface area contributed by atoms with Gasteiger partial charge in [-0.3, -0.25) is 4.79 Å². The average molecular weight is 751 g/mol. The Labute approximate surface area is 312 Å². The van der Waals surface area contributed by atoms with Crippen LogP contribution >= 0.6 is 0 Å². The van der Waals surface area contributed by atoms with Gasteiger partial charge in [0.05, 0.1) is 37.6 Å². The SMILES string of the molecule is CC(=O)O[C@@H]1[C@@H](O)[C@H](O[C@H]2[C@H](O[C@@H]3C[C@H](O)CC4=CC[C@H]5[C@@H]6C[C@@H]7O[C@]8(CCC(C)CO8)[C@@H](C)[C@@H]7[C@@]6(C)CC[C@@H]5[C@]43C)O[C@H](C)[C@H](O)[C@@H]2O)OC[C@H]1O. The lowest BCUT2D eigenvalue weighted by Gasteiger charge is -2.60. The van der Waals surface area contributed by atoms with Crippen molar-refractivity contribution in [2.24, 2.45) is 46.3 Å². The maximum Gasteiger partial charge on any atom is 0.303 e. The summed E-state index contributed by atoms with van der Waals surface area (Å²) in [5, 5.41) is 54.9. The first-order valence-corrected chi connectivity index (χ1v) is 20.2. The molecule has 4 saturated heterocycles. The predicted molar refractivity (Wildman–Crippen MR) is 186 cm³/mol. The van der Waals surface area contributed by atoms with E-state index in [2.05, 4.69) is 33.8 Å². The van der Waals surface area contributed by atoms with Gasteiger partial charge in [0.1, 0.15) is 30.5 Å². The number of rotatable bonds is 5. The molecule has 8 rings (SSSR count). The molecule has 5 N–H and O–H groups in total. The minimum absolute atomic E-state index is 0.118. The van der Waals surface area contributed by atoms with Crippen molar-refractivity contribution in [1.82, 2.24) is 0 Å². The van der Waals surface area contributed by atoms with Crippen molar-refractivity contribution < 1.29 is 63.5 Å². The van der Waals surface area contributed by atoms with Crippen molar-refractivity contribution in [2.45, 2.75) is 172 Å². The Hall–Kier alpha value is -1.23. The third-order valence-corrected chi connectivity index (χ3v) is 15.5. The normalized spacial score (nSPS) is 56.5. The Morgan fingerprint density at radius 2 is 1.66 bits per heavy atom. The highest BCUT2D eigenvalue weighted by molar-refractivity contribution is 5.66. The van der Waals surface area contributed by atoms with Gasteiger partial charge in [0.25, 0.3) is 0 Å². The monoisotopic (exact) mass is 750 g/mol. The Morgan fingerprint density at radius 1 is 0.887 bits per heavy atom. The van der Waals surface area contributed by atoms with Crippen molar-refractivity contribution in [3.05, 3.63) is 11.6 Å². The van der Waals surface area contributed by atoms with Crippen LogP contribution in [0.4, 0.5) is 0 Å². The van der Waals surface area contributed by atoms with Gasteiger partial charge in [-0.1, -0.05) is 39.3 Å². The van der Waals surface area contributed by atoms with E-state index in [-0.39, 0.29) is 24.0 Å². The number of esters is 1. The Kier molecular flexibility index (Phi) is 10.2. The molecule has 0 radical (unpaired) electrons. The van der Waals surface area contributed by atoms with E-state index in [1.807, 2.05) is 0 Å². The van der Waals surface area contributed by atoms with E-state index in [1.165, 1.54) is 12.5 Å². The van der Waals surface area contributed by atoms with Crippen LogP contribution < -0.4 is 0 Å². The molecule has 0 aromatic rings. The molecule has 0 amide bonds. The van der Waals surface area contributed by atoms with Crippen LogP contribution in [-0.2, 0) is 38.0 Å². The summed E-state index contributed by atoms with van der Waals surface area (Å²) < 4.78 is 43.5. The van der Waals surface area contributed by atoms with E-state index in [1.54, 1.807) is 6.92 Å². The second kappa shape index (κ2) is 14.0. The van der Waals surface area contributed by atoms with E-state index in [9.17, 15) is 30.3 Å². The predicted octanol–water partition coefficient (Wildman–Crippen LogP) is 2.57. The van der Waals surface area contributed by atoms with Gasteiger partial charge >= 0.3 is 5.97 Å². The minimum Gasteiger partial charge on any atom is -0.457 e. The quantitative estimate of drug-likeness (QED) is 0.205. The lowest BCUT2D eigenvalue weighted by atomic mass is 9.46. The fourth-order valence-electron chi connectivity index (χ4n) is 12.7. The van der Waals surface area contributed by atoms with Crippen LogP contribution in [0, 0.1) is 46.3 Å². The number of carbonyl (C=O) groups excluding carboxylic acids is 1. The third-order valence-electron chi connectivity index (χ3n) is 15.5. The standard InChI is InChI=1S/C40H62O13/c1-18-9-12-40(48-16-18)19(2)30-28(53-40)15-26-24-8-7-22-13-23(42)14-29(39(22,6)25(24)10-11-38(26,30)5)51-37-35(32(45)31(44)20(3)49-37)52-36-33(46)34(50-21(4)41)27(43)17-47-36/h7,18-20,23-37,42-46H,8-17H2,1-6H3/t18?,19-,20+,23+,24+,25-,26-,27+,28-,29+,30-,31-,32-,33+,34-,35+,36-,37-,38-,39-,40+/m0/s1. The number of carbonyl (C=O) groups is 1. The zero-order valence-corrected chi connectivity index (χ0v) is 32.0. The molecule has 13 heteroatoms. The number of hydrogen-bond donors (Lipinski definition) is 5. The van der Waals surface area contributed by atoms with E-state index >= 15 is 0 Å². The Morgan fingerprint density at radius 3 is 2.38 bits per heavy atom. The van der Waals surface area contributed by atoms with Crippen molar-refractivity contribution in [1.29, 1.82) is 0 Å². The molecule has 8 aliphatic rings. The summed E-state index contributed by atoms with van der Waals surface area (Å²) in [7, 11) is 0. The smallest absolute Gasteiger partial charge is 0.303 e. The van der Waals surface area contributed by atoms with Gasteiger partial charge in [-0.15, -0.1) is 0 Å². The Balaban J connectivity index is 1.04. The topological polar surface area (TPSA) is 183 Å². The van der Waals surface area contributed by atoms with E-state index in [4.69, 9.17) is 33.2 Å². The zero-order valence-electron chi connectivity index (χ0n) is 32.0. The maximum absolute atomic E-state index is 11.7. The van der Waals surface area contributed by atoms with Crippen molar-refractivity contribution >= 4 is 5.97 Å². The molecule has 1 spiro atoms. The summed E-state index contributed by atoms with van der Waals surface area (Å²) in [6.45, 7) is 12.7. The molecule has 21 atom stereocenters. The van der Waals surface area contributed by atoms with Crippen molar-refractivity contribution in [3.63, 3.8) is 0 Å². The highest BCUT2D eigenvalue weighted by atomic mass is 16.8. The number of ether oxygens (including phenoxy) is 7. The molecule has 7 fully saturated rings. The van der Waals surface area contributed by atoms with Crippen molar-refractivity contribution in [3.8, 4) is 0 Å². The first-order valence-electron chi connectivity index (χ1n) is 20.2. The van der Waals surface area contributed by atoms with Gasteiger partial charge in [0.2, 0.25) is 0 Å². The van der Waals surface area contributed by atoms with Crippen LogP contribution in [0.15, 0.2) is 11.6 Å². The second-order valence-electron chi connectivity index (χ2n) is 18.5. The van der Waals surface area contributed by atoms with Crippen LogP contribution in [0.3, 0.4) is 0 Å². The van der Waals surface area contributed by atoms with E-state index < -0.39 is 84.7 Å². The van der Waals surface area contributed by atoms with E-state index in [0.717, 1.165) is 45.1 Å². The van der Waals surface area contributed by atoms with Gasteiger partial charge in [-0.05, 0) is 80.5 Å². The summed E-state index contributed by atoms with van der Waals surface area (Å²) in [6.07, 6.45) is -3.35. The van der Waals surface area contributed by atoms with Crippen LogP contribution in [0.25, 0.3) is 0 Å². The molecule has 53 heavy (non-hydrogen) atoms. The fraction of sp³-hybridized carbons (Fsp3) is 0.925. The van der Waals surface area contributed by atoms with Gasteiger partial charge in [0, 0.05) is 31.1 Å². The van der Waals surface area contributed by atoms with E-state index in [0.29, 0.717) is 42.4 Å². The molecule has 13 nitrogen and oxygen atoms in total. The molecule has 4 aliphatic carbocycles. The summed E-state index contributed by atoms with van der Waals surface area (Å²) in [4.78, 5) is 11.7. The minimum atomic E-state index is -1.59. The average Bonchev–Trinajstić information content (AvgIpc) is 3.55. The molecule has 0 aromatic heterocycles. The lowest BCUT2D eigenvalue weighted by molar-refractivity contribution is -0.365. The number of aliphatic hydroxyl groups excluding tert-OH is 5. The number of aliphatic hydroxyl groups is 5. The largest absolute Gasteiger partial charge is 0.457 e. The van der Waals surface area contributed by atoms with Gasteiger partial charge in [-0.25, -0.2) is 0 Å². The third kappa shape index (κ3) is 6.18. The summed E-state index contributed by atoms with van der Waals surface area (Å²) >= 11 is 0. The van der Waals surface area contributed by atoms with Gasteiger partial charge in [-0.2, -0.15) is 0 Å². The summed E-state index contributed by atoms with van der Waals surface area (Å²) in [6, 6.07) is 0. The molecule has 4 aliphatic heterocycles. The molecular weight excluding hydrogens is 688 g/mol. The molecule has 0 aromatic carbocycles. The molecule has 4 heterocycles. The highest BCUT2D eigenvalue weighted by Gasteiger charge is 2.69. The molecule has 1 unspecified atom stereocenters. The first kappa shape index (κ1) is 38.6. The number of fused-ring (bicyclic) bond motifs is 7. The maximum atomic E-state index is 11.7. The lowest BCUT2D eigenvalue weighted by Crippen LogP contribution is -2.64. The Bertz CT molecular complexity index is 1400. The van der Waals surface area contributed by atoms with Crippen molar-refractivity contribution in [2.75, 3.05) is 13.2 Å². The number of allylic oxidation sites excluding steroid dienone is 1. The first-order chi connectivity index (χ1) is 25.1. The molecule has 0 bridgehead atoms. The van der Waals surface area contributed by atoms with Crippen LogP contribution in [0.1, 0.15) is 92.9 Å². The van der Waals surface area contributed by atoms with Crippen LogP contribution in [-0.4, -0.2) is 124 Å². The highest BCUT2D eigenvalue weighted by Crippen LogP contribution is 2.71. The summed E-state index contributed by atoms with van der Waals surface area (Å²) in [5.41, 5.74) is 0.859. The zero-order chi connectivity index (χ0) is 37.8.